The molecule has 0 N–H and O–H groups in total. The minimum absolute atomic E-state index is 0.0685. The van der Waals surface area contributed by atoms with Gasteiger partial charge >= 0.3 is 12.1 Å². The normalized spacial score (nSPS) is 14.3. The van der Waals surface area contributed by atoms with Gasteiger partial charge in [0.25, 0.3) is 0 Å². The SMILES string of the molecule is CCOC(=O)Cn1cc(-c2ccccc2C)c2c(N3CCN(C(=O)OC(C)(C)C)CC3)ncnc21. The molecule has 0 unspecified atom stereocenters. The number of aryl methyl sites for hydroxylation is 1. The summed E-state index contributed by atoms with van der Waals surface area (Å²) in [6, 6.07) is 8.13. The first-order valence-electron chi connectivity index (χ1n) is 12.0. The average Bonchev–Trinajstić information content (AvgIpc) is 3.17. The van der Waals surface area contributed by atoms with Gasteiger partial charge in [0, 0.05) is 37.9 Å². The molecule has 0 saturated carbocycles. The first kappa shape index (κ1) is 24.5. The van der Waals surface area contributed by atoms with Crippen molar-refractivity contribution in [2.24, 2.45) is 0 Å². The number of rotatable bonds is 5. The van der Waals surface area contributed by atoms with Gasteiger partial charge in [-0.3, -0.25) is 4.79 Å². The maximum Gasteiger partial charge on any atom is 0.410 e. The minimum Gasteiger partial charge on any atom is -0.465 e. The number of fused-ring (bicyclic) bond motifs is 1. The second-order valence-electron chi connectivity index (χ2n) is 9.64. The Morgan fingerprint density at radius 1 is 1.03 bits per heavy atom. The van der Waals surface area contributed by atoms with Crippen molar-refractivity contribution in [3.05, 3.63) is 42.4 Å². The standard InChI is InChI=1S/C26H33N5O4/c1-6-34-21(32)16-31-15-20(19-10-8-7-9-18(19)2)22-23(27-17-28-24(22)31)29-11-13-30(14-12-29)25(33)35-26(3,4)5/h7-10,15,17H,6,11-14,16H2,1-5H3. The lowest BCUT2D eigenvalue weighted by molar-refractivity contribution is -0.143. The van der Waals surface area contributed by atoms with E-state index < -0.39 is 5.60 Å². The number of aromatic nitrogens is 3. The highest BCUT2D eigenvalue weighted by atomic mass is 16.6. The topological polar surface area (TPSA) is 89.8 Å². The number of benzene rings is 1. The van der Waals surface area contributed by atoms with Gasteiger partial charge in [-0.1, -0.05) is 24.3 Å². The van der Waals surface area contributed by atoms with Crippen LogP contribution in [-0.2, 0) is 20.8 Å². The van der Waals surface area contributed by atoms with Crippen LogP contribution in [0.2, 0.25) is 0 Å². The van der Waals surface area contributed by atoms with Crippen LogP contribution < -0.4 is 4.90 Å². The molecular weight excluding hydrogens is 446 g/mol. The number of ether oxygens (including phenoxy) is 2. The lowest BCUT2D eigenvalue weighted by Crippen LogP contribution is -2.50. The zero-order chi connectivity index (χ0) is 25.2. The number of carbonyl (C=O) groups excluding carboxylic acids is 2. The molecule has 9 nitrogen and oxygen atoms in total. The van der Waals surface area contributed by atoms with Crippen molar-refractivity contribution in [3.8, 4) is 11.1 Å². The van der Waals surface area contributed by atoms with Crippen molar-refractivity contribution in [2.45, 2.75) is 46.8 Å². The van der Waals surface area contributed by atoms with Crippen LogP contribution in [0.1, 0.15) is 33.3 Å². The zero-order valence-electron chi connectivity index (χ0n) is 21.1. The van der Waals surface area contributed by atoms with Gasteiger partial charge in [-0.05, 0) is 45.7 Å². The van der Waals surface area contributed by atoms with E-state index in [1.165, 1.54) is 6.33 Å². The molecule has 3 aromatic rings. The molecule has 0 bridgehead atoms. The van der Waals surface area contributed by atoms with Gasteiger partial charge in [-0.15, -0.1) is 0 Å². The molecule has 0 radical (unpaired) electrons. The quantitative estimate of drug-likeness (QED) is 0.511. The summed E-state index contributed by atoms with van der Waals surface area (Å²) >= 11 is 0. The first-order valence-corrected chi connectivity index (χ1v) is 12.0. The minimum atomic E-state index is -0.530. The second kappa shape index (κ2) is 9.93. The van der Waals surface area contributed by atoms with Crippen LogP contribution in [0.15, 0.2) is 36.8 Å². The molecule has 1 aromatic carbocycles. The number of amides is 1. The molecule has 186 valence electrons. The Morgan fingerprint density at radius 3 is 2.40 bits per heavy atom. The maximum atomic E-state index is 12.5. The highest BCUT2D eigenvalue weighted by Crippen LogP contribution is 2.37. The summed E-state index contributed by atoms with van der Waals surface area (Å²) in [6.07, 6.45) is 3.19. The van der Waals surface area contributed by atoms with Crippen molar-refractivity contribution in [3.63, 3.8) is 0 Å². The Labute approximate surface area is 205 Å². The number of nitrogens with zero attached hydrogens (tertiary/aromatic N) is 5. The highest BCUT2D eigenvalue weighted by molar-refractivity contribution is 6.02. The monoisotopic (exact) mass is 479 g/mol. The van der Waals surface area contributed by atoms with Gasteiger partial charge in [-0.25, -0.2) is 14.8 Å². The third kappa shape index (κ3) is 5.39. The van der Waals surface area contributed by atoms with Gasteiger partial charge in [0.1, 0.15) is 29.9 Å². The van der Waals surface area contributed by atoms with Crippen LogP contribution in [0.25, 0.3) is 22.2 Å². The van der Waals surface area contributed by atoms with E-state index >= 15 is 0 Å². The molecule has 2 aromatic heterocycles. The molecule has 3 heterocycles. The summed E-state index contributed by atoms with van der Waals surface area (Å²) < 4.78 is 12.6. The molecule has 35 heavy (non-hydrogen) atoms. The van der Waals surface area contributed by atoms with Crippen molar-refractivity contribution in [1.82, 2.24) is 19.4 Å². The fraction of sp³-hybridized carbons (Fsp3) is 0.462. The van der Waals surface area contributed by atoms with Crippen molar-refractivity contribution >= 4 is 28.9 Å². The number of hydrogen-bond acceptors (Lipinski definition) is 7. The fourth-order valence-corrected chi connectivity index (χ4v) is 4.32. The predicted molar refractivity (Wildman–Crippen MR) is 134 cm³/mol. The lowest BCUT2D eigenvalue weighted by atomic mass is 10.0. The number of esters is 1. The van der Waals surface area contributed by atoms with E-state index in [1.54, 1.807) is 11.8 Å². The molecule has 1 fully saturated rings. The molecule has 1 aliphatic heterocycles. The summed E-state index contributed by atoms with van der Waals surface area (Å²) in [5.74, 6) is 0.478. The molecule has 1 amide bonds. The van der Waals surface area contributed by atoms with Crippen LogP contribution >= 0.6 is 0 Å². The van der Waals surface area contributed by atoms with Crippen LogP contribution in [-0.4, -0.2) is 69.9 Å². The fourth-order valence-electron chi connectivity index (χ4n) is 4.32. The summed E-state index contributed by atoms with van der Waals surface area (Å²) in [5, 5.41) is 0.886. The first-order chi connectivity index (χ1) is 16.7. The number of hydrogen-bond donors (Lipinski definition) is 0. The predicted octanol–water partition coefficient (Wildman–Crippen LogP) is 4.03. The Morgan fingerprint density at radius 2 is 1.74 bits per heavy atom. The van der Waals surface area contributed by atoms with Gasteiger partial charge in [0.05, 0.1) is 12.0 Å². The highest BCUT2D eigenvalue weighted by Gasteiger charge is 2.28. The lowest BCUT2D eigenvalue weighted by Gasteiger charge is -2.36. The zero-order valence-corrected chi connectivity index (χ0v) is 21.1. The molecule has 9 heteroatoms. The van der Waals surface area contributed by atoms with Gasteiger partial charge in [-0.2, -0.15) is 0 Å². The molecule has 0 atom stereocenters. The summed E-state index contributed by atoms with van der Waals surface area (Å²) in [4.78, 5) is 37.9. The number of piperazine rings is 1. The Kier molecular flexibility index (Phi) is 6.95. The van der Waals surface area contributed by atoms with E-state index in [1.807, 2.05) is 43.7 Å². The van der Waals surface area contributed by atoms with E-state index in [0.29, 0.717) is 38.4 Å². The Bertz CT molecular complexity index is 1220. The summed E-state index contributed by atoms with van der Waals surface area (Å²) in [7, 11) is 0. The maximum absolute atomic E-state index is 12.5. The van der Waals surface area contributed by atoms with E-state index in [0.717, 1.165) is 27.9 Å². The van der Waals surface area contributed by atoms with Crippen LogP contribution in [0, 0.1) is 6.92 Å². The van der Waals surface area contributed by atoms with E-state index in [4.69, 9.17) is 9.47 Å². The van der Waals surface area contributed by atoms with E-state index in [2.05, 4.69) is 33.9 Å². The largest absolute Gasteiger partial charge is 0.465 e. The van der Waals surface area contributed by atoms with Gasteiger partial charge in [0.2, 0.25) is 0 Å². The second-order valence-corrected chi connectivity index (χ2v) is 9.64. The average molecular weight is 480 g/mol. The Balaban J connectivity index is 1.70. The van der Waals surface area contributed by atoms with Crippen LogP contribution in [0.5, 0.6) is 0 Å². The van der Waals surface area contributed by atoms with E-state index in [9.17, 15) is 9.59 Å². The molecular formula is C26H33N5O4. The van der Waals surface area contributed by atoms with Gasteiger partial charge in [0.15, 0.2) is 0 Å². The molecule has 0 spiro atoms. The van der Waals surface area contributed by atoms with Gasteiger partial charge < -0.3 is 23.8 Å². The molecule has 4 rings (SSSR count). The smallest absolute Gasteiger partial charge is 0.410 e. The molecule has 1 saturated heterocycles. The number of carbonyl (C=O) groups is 2. The van der Waals surface area contributed by atoms with Crippen LogP contribution in [0.4, 0.5) is 10.6 Å². The summed E-state index contributed by atoms with van der Waals surface area (Å²) in [6.45, 7) is 12.1. The third-order valence-corrected chi connectivity index (χ3v) is 5.90. The van der Waals surface area contributed by atoms with Crippen molar-refractivity contribution < 1.29 is 19.1 Å². The van der Waals surface area contributed by atoms with Crippen molar-refractivity contribution in [2.75, 3.05) is 37.7 Å². The third-order valence-electron chi connectivity index (χ3n) is 5.90. The van der Waals surface area contributed by atoms with E-state index in [-0.39, 0.29) is 18.6 Å². The van der Waals surface area contributed by atoms with Crippen LogP contribution in [0.3, 0.4) is 0 Å². The Hall–Kier alpha value is -3.62. The summed E-state index contributed by atoms with van der Waals surface area (Å²) in [5.41, 5.74) is 3.29. The molecule has 1 aliphatic rings. The van der Waals surface area contributed by atoms with Crippen molar-refractivity contribution in [1.29, 1.82) is 0 Å². The number of anilines is 1. The molecule has 0 aliphatic carbocycles.